The van der Waals surface area contributed by atoms with Crippen LogP contribution in [0.5, 0.6) is 0 Å². The van der Waals surface area contributed by atoms with Crippen LogP contribution in [0.1, 0.15) is 5.56 Å². The molecule has 0 aliphatic carbocycles. The number of pyridine rings is 1. The first-order valence-corrected chi connectivity index (χ1v) is 6.48. The summed E-state index contributed by atoms with van der Waals surface area (Å²) in [4.78, 5) is 6.11. The van der Waals surface area contributed by atoms with E-state index in [4.69, 9.17) is 29.6 Å². The molecule has 0 bridgehead atoms. The Hall–Kier alpha value is -1.69. The van der Waals surface area contributed by atoms with Crippen molar-refractivity contribution in [1.82, 2.24) is 4.98 Å². The Bertz CT molecular complexity index is 591. The van der Waals surface area contributed by atoms with Crippen LogP contribution in [0.2, 0.25) is 10.0 Å². The van der Waals surface area contributed by atoms with Crippen LogP contribution < -0.4 is 4.90 Å². The van der Waals surface area contributed by atoms with Gasteiger partial charge < -0.3 is 4.90 Å². The highest BCUT2D eigenvalue weighted by molar-refractivity contribution is 6.36. The van der Waals surface area contributed by atoms with Gasteiger partial charge in [0.25, 0.3) is 0 Å². The second kappa shape index (κ2) is 6.47. The van der Waals surface area contributed by atoms with E-state index in [2.05, 4.69) is 10.9 Å². The van der Waals surface area contributed by atoms with Gasteiger partial charge >= 0.3 is 0 Å². The summed E-state index contributed by atoms with van der Waals surface area (Å²) in [6, 6.07) is 9.28. The Kier molecular flexibility index (Phi) is 4.68. The molecule has 0 fully saturated rings. The number of nitrogens with zero attached hydrogens (tertiary/aromatic N) is 2. The van der Waals surface area contributed by atoms with Crippen LogP contribution in [0, 0.1) is 12.3 Å². The van der Waals surface area contributed by atoms with Crippen molar-refractivity contribution in [2.45, 2.75) is 6.54 Å². The van der Waals surface area contributed by atoms with Crippen LogP contribution in [0.15, 0.2) is 42.7 Å². The van der Waals surface area contributed by atoms with Crippen molar-refractivity contribution in [2.24, 2.45) is 0 Å². The summed E-state index contributed by atoms with van der Waals surface area (Å²) in [7, 11) is 0. The number of anilines is 1. The zero-order valence-electron chi connectivity index (χ0n) is 10.2. The van der Waals surface area contributed by atoms with Crippen LogP contribution >= 0.6 is 23.2 Å². The molecule has 0 saturated heterocycles. The summed E-state index contributed by atoms with van der Waals surface area (Å²) in [6.07, 6.45) is 8.98. The molecule has 0 aliphatic rings. The number of hydrogen-bond donors (Lipinski definition) is 0. The van der Waals surface area contributed by atoms with Gasteiger partial charge in [0, 0.05) is 24.0 Å². The van der Waals surface area contributed by atoms with Crippen molar-refractivity contribution in [1.29, 1.82) is 0 Å². The number of terminal acetylenes is 1. The van der Waals surface area contributed by atoms with Gasteiger partial charge in [0.2, 0.25) is 0 Å². The number of hydrogen-bond acceptors (Lipinski definition) is 2. The molecule has 0 saturated carbocycles. The van der Waals surface area contributed by atoms with Gasteiger partial charge in [-0.05, 0) is 29.8 Å². The first-order chi connectivity index (χ1) is 9.20. The van der Waals surface area contributed by atoms with Gasteiger partial charge in [-0.3, -0.25) is 4.98 Å². The molecule has 0 aliphatic heterocycles. The van der Waals surface area contributed by atoms with E-state index >= 15 is 0 Å². The molecule has 19 heavy (non-hydrogen) atoms. The van der Waals surface area contributed by atoms with Crippen molar-refractivity contribution < 1.29 is 0 Å². The maximum atomic E-state index is 6.22. The highest BCUT2D eigenvalue weighted by Gasteiger charge is 2.10. The summed E-state index contributed by atoms with van der Waals surface area (Å²) in [5, 5.41) is 1.20. The second-order valence-electron chi connectivity index (χ2n) is 4.02. The van der Waals surface area contributed by atoms with E-state index in [0.717, 1.165) is 11.3 Å². The SMILES string of the molecule is C#CCN(Cc1cccnc1)c1ccc(Cl)cc1Cl. The van der Waals surface area contributed by atoms with Crippen molar-refractivity contribution in [3.8, 4) is 12.3 Å². The number of halogens is 2. The molecule has 0 amide bonds. The lowest BCUT2D eigenvalue weighted by molar-refractivity contribution is 0.873. The topological polar surface area (TPSA) is 16.1 Å². The third kappa shape index (κ3) is 3.64. The molecule has 0 unspecified atom stereocenters. The lowest BCUT2D eigenvalue weighted by Crippen LogP contribution is -2.23. The standard InChI is InChI=1S/C15H12Cl2N2/c1-2-8-19(11-12-4-3-7-18-10-12)15-6-5-13(16)9-14(15)17/h1,3-7,9-10H,8,11H2. The normalized spacial score (nSPS) is 9.95. The lowest BCUT2D eigenvalue weighted by Gasteiger charge is -2.23. The summed E-state index contributed by atoms with van der Waals surface area (Å²) < 4.78 is 0. The Morgan fingerprint density at radius 3 is 2.74 bits per heavy atom. The fourth-order valence-electron chi connectivity index (χ4n) is 1.79. The Morgan fingerprint density at radius 2 is 2.11 bits per heavy atom. The minimum atomic E-state index is 0.468. The van der Waals surface area contributed by atoms with Gasteiger partial charge in [-0.2, -0.15) is 0 Å². The van der Waals surface area contributed by atoms with E-state index < -0.39 is 0 Å². The molecule has 0 N–H and O–H groups in total. The smallest absolute Gasteiger partial charge is 0.0796 e. The minimum absolute atomic E-state index is 0.468. The van der Waals surface area contributed by atoms with Crippen molar-refractivity contribution in [3.63, 3.8) is 0 Å². The van der Waals surface area contributed by atoms with Crippen LogP contribution in [-0.2, 0) is 6.54 Å². The van der Waals surface area contributed by atoms with Gasteiger partial charge in [0.15, 0.2) is 0 Å². The molecule has 2 rings (SSSR count). The third-order valence-corrected chi connectivity index (χ3v) is 3.17. The van der Waals surface area contributed by atoms with Crippen LogP contribution in [0.3, 0.4) is 0 Å². The molecule has 1 heterocycles. The molecule has 1 aromatic carbocycles. The summed E-state index contributed by atoms with van der Waals surface area (Å²) in [5.74, 6) is 2.64. The average molecular weight is 291 g/mol. The molecule has 4 heteroatoms. The molecule has 0 spiro atoms. The van der Waals surface area contributed by atoms with Gasteiger partial charge in [0.1, 0.15) is 0 Å². The highest BCUT2D eigenvalue weighted by atomic mass is 35.5. The Balaban J connectivity index is 2.27. The minimum Gasteiger partial charge on any atom is -0.355 e. The fourth-order valence-corrected chi connectivity index (χ4v) is 2.31. The molecular weight excluding hydrogens is 279 g/mol. The fraction of sp³-hybridized carbons (Fsp3) is 0.133. The van der Waals surface area contributed by atoms with E-state index in [1.54, 1.807) is 18.3 Å². The zero-order chi connectivity index (χ0) is 13.7. The first-order valence-electron chi connectivity index (χ1n) is 5.73. The summed E-state index contributed by atoms with van der Waals surface area (Å²) in [5.41, 5.74) is 1.94. The third-order valence-electron chi connectivity index (χ3n) is 2.63. The Labute approximate surface area is 123 Å². The molecule has 2 nitrogen and oxygen atoms in total. The maximum Gasteiger partial charge on any atom is 0.0796 e. The van der Waals surface area contributed by atoms with E-state index in [1.807, 2.05) is 29.3 Å². The van der Waals surface area contributed by atoms with E-state index in [-0.39, 0.29) is 0 Å². The summed E-state index contributed by atoms with van der Waals surface area (Å²) >= 11 is 12.1. The van der Waals surface area contributed by atoms with Crippen molar-refractivity contribution in [3.05, 3.63) is 58.3 Å². The number of rotatable bonds is 4. The Morgan fingerprint density at radius 1 is 1.26 bits per heavy atom. The zero-order valence-corrected chi connectivity index (χ0v) is 11.7. The molecule has 96 valence electrons. The molecule has 0 atom stereocenters. The molecule has 0 radical (unpaired) electrons. The van der Waals surface area contributed by atoms with Crippen LogP contribution in [0.25, 0.3) is 0 Å². The lowest BCUT2D eigenvalue weighted by atomic mass is 10.2. The predicted octanol–water partition coefficient (Wildman–Crippen LogP) is 4.03. The van der Waals surface area contributed by atoms with Gasteiger partial charge in [0.05, 0.1) is 17.3 Å². The predicted molar refractivity (Wildman–Crippen MR) is 80.6 cm³/mol. The quantitative estimate of drug-likeness (QED) is 0.791. The number of benzene rings is 1. The van der Waals surface area contributed by atoms with Crippen molar-refractivity contribution >= 4 is 28.9 Å². The molecule has 2 aromatic rings. The van der Waals surface area contributed by atoms with Gasteiger partial charge in [-0.15, -0.1) is 6.42 Å². The van der Waals surface area contributed by atoms with Crippen LogP contribution in [0.4, 0.5) is 5.69 Å². The average Bonchev–Trinajstić information content (AvgIpc) is 2.39. The van der Waals surface area contributed by atoms with E-state index in [0.29, 0.717) is 23.1 Å². The van der Waals surface area contributed by atoms with Crippen molar-refractivity contribution in [2.75, 3.05) is 11.4 Å². The van der Waals surface area contributed by atoms with Gasteiger partial charge in [-0.1, -0.05) is 35.2 Å². The van der Waals surface area contributed by atoms with E-state index in [9.17, 15) is 0 Å². The highest BCUT2D eigenvalue weighted by Crippen LogP contribution is 2.29. The maximum absolute atomic E-state index is 6.22. The summed E-state index contributed by atoms with van der Waals surface area (Å²) in [6.45, 7) is 1.12. The largest absolute Gasteiger partial charge is 0.355 e. The van der Waals surface area contributed by atoms with Gasteiger partial charge in [-0.25, -0.2) is 0 Å². The van der Waals surface area contributed by atoms with E-state index in [1.165, 1.54) is 0 Å². The first kappa shape index (κ1) is 13.7. The second-order valence-corrected chi connectivity index (χ2v) is 4.86. The monoisotopic (exact) mass is 290 g/mol. The molecule has 1 aromatic heterocycles. The number of aromatic nitrogens is 1. The molecular formula is C15H12Cl2N2. The van der Waals surface area contributed by atoms with Crippen LogP contribution in [-0.4, -0.2) is 11.5 Å².